The highest BCUT2D eigenvalue weighted by molar-refractivity contribution is 5.95. The predicted molar refractivity (Wildman–Crippen MR) is 88.3 cm³/mol. The number of carbonyl (C=O) groups excluding carboxylic acids is 2. The Kier molecular flexibility index (Phi) is 5.00. The molecular formula is C16H21N5O2. The molecule has 7 heteroatoms. The summed E-state index contributed by atoms with van der Waals surface area (Å²) in [6, 6.07) is 6.47. The molecule has 2 aromatic rings. The van der Waals surface area contributed by atoms with Gasteiger partial charge in [-0.15, -0.1) is 0 Å². The second kappa shape index (κ2) is 6.95. The molecule has 1 aromatic heterocycles. The molecule has 0 aliphatic heterocycles. The van der Waals surface area contributed by atoms with E-state index in [4.69, 9.17) is 5.73 Å². The van der Waals surface area contributed by atoms with E-state index in [1.807, 2.05) is 19.9 Å². The van der Waals surface area contributed by atoms with E-state index in [1.165, 1.54) is 0 Å². The van der Waals surface area contributed by atoms with E-state index in [9.17, 15) is 9.59 Å². The van der Waals surface area contributed by atoms with Crippen LogP contribution >= 0.6 is 0 Å². The van der Waals surface area contributed by atoms with Crippen molar-refractivity contribution in [3.8, 4) is 0 Å². The van der Waals surface area contributed by atoms with Crippen LogP contribution < -0.4 is 16.4 Å². The van der Waals surface area contributed by atoms with Crippen LogP contribution in [0.1, 0.15) is 34.2 Å². The molecule has 0 spiro atoms. The molecule has 0 saturated heterocycles. The van der Waals surface area contributed by atoms with E-state index in [0.717, 1.165) is 17.0 Å². The number of hydrogen-bond donors (Lipinski definition) is 4. The molecule has 1 heterocycles. The highest BCUT2D eigenvalue weighted by atomic mass is 16.2. The predicted octanol–water partition coefficient (Wildman–Crippen LogP) is 1.88. The minimum Gasteiger partial charge on any atom is -0.366 e. The fraction of sp³-hybridized carbons (Fsp3) is 0.312. The minimum atomic E-state index is -0.494. The van der Waals surface area contributed by atoms with Crippen molar-refractivity contribution in [3.05, 3.63) is 46.8 Å². The molecule has 0 bridgehead atoms. The van der Waals surface area contributed by atoms with Crippen molar-refractivity contribution in [2.75, 3.05) is 5.32 Å². The average molecular weight is 315 g/mol. The third-order valence-corrected chi connectivity index (χ3v) is 3.41. The number of aryl methyl sites for hydroxylation is 2. The van der Waals surface area contributed by atoms with Gasteiger partial charge in [-0.05, 0) is 50.6 Å². The summed E-state index contributed by atoms with van der Waals surface area (Å²) in [7, 11) is 0. The van der Waals surface area contributed by atoms with Gasteiger partial charge in [-0.3, -0.25) is 9.89 Å². The van der Waals surface area contributed by atoms with Crippen LogP contribution in [0.3, 0.4) is 0 Å². The number of H-pyrrole nitrogens is 1. The molecule has 0 aliphatic rings. The van der Waals surface area contributed by atoms with E-state index in [1.54, 1.807) is 25.1 Å². The normalized spacial score (nSPS) is 11.8. The van der Waals surface area contributed by atoms with Crippen LogP contribution in [-0.4, -0.2) is 28.2 Å². The van der Waals surface area contributed by atoms with E-state index in [-0.39, 0.29) is 12.1 Å². The van der Waals surface area contributed by atoms with Gasteiger partial charge in [0, 0.05) is 29.4 Å². The molecule has 0 aliphatic carbocycles. The van der Waals surface area contributed by atoms with E-state index in [0.29, 0.717) is 17.7 Å². The second-order valence-electron chi connectivity index (χ2n) is 5.64. The van der Waals surface area contributed by atoms with Crippen molar-refractivity contribution in [1.29, 1.82) is 0 Å². The Hall–Kier alpha value is -2.83. The van der Waals surface area contributed by atoms with Gasteiger partial charge in [0.25, 0.3) is 0 Å². The van der Waals surface area contributed by atoms with Crippen LogP contribution in [0.4, 0.5) is 10.5 Å². The molecule has 1 atom stereocenters. The number of aromatic nitrogens is 2. The zero-order chi connectivity index (χ0) is 17.0. The Morgan fingerprint density at radius 2 is 2.04 bits per heavy atom. The number of benzene rings is 1. The van der Waals surface area contributed by atoms with Crippen LogP contribution in [0.25, 0.3) is 0 Å². The van der Waals surface area contributed by atoms with Gasteiger partial charge >= 0.3 is 6.03 Å². The van der Waals surface area contributed by atoms with E-state index in [2.05, 4.69) is 20.8 Å². The first kappa shape index (κ1) is 16.5. The minimum absolute atomic E-state index is 0.0668. The summed E-state index contributed by atoms with van der Waals surface area (Å²) in [6.45, 7) is 5.64. The molecule has 0 saturated carbocycles. The Bertz CT molecular complexity index is 723. The number of nitrogens with zero attached hydrogens (tertiary/aromatic N) is 1. The largest absolute Gasteiger partial charge is 0.366 e. The number of primary amides is 1. The molecule has 1 aromatic carbocycles. The number of carbonyl (C=O) groups is 2. The zero-order valence-corrected chi connectivity index (χ0v) is 13.4. The van der Waals surface area contributed by atoms with Gasteiger partial charge in [0.05, 0.1) is 5.69 Å². The number of rotatable bonds is 5. The van der Waals surface area contributed by atoms with Crippen molar-refractivity contribution < 1.29 is 9.59 Å². The van der Waals surface area contributed by atoms with Gasteiger partial charge < -0.3 is 16.4 Å². The Morgan fingerprint density at radius 3 is 2.61 bits per heavy atom. The van der Waals surface area contributed by atoms with Crippen molar-refractivity contribution in [3.63, 3.8) is 0 Å². The van der Waals surface area contributed by atoms with Crippen LogP contribution in [0, 0.1) is 13.8 Å². The van der Waals surface area contributed by atoms with Gasteiger partial charge in [-0.2, -0.15) is 5.10 Å². The summed E-state index contributed by atoms with van der Waals surface area (Å²) >= 11 is 0. The van der Waals surface area contributed by atoms with Gasteiger partial charge in [0.15, 0.2) is 0 Å². The van der Waals surface area contributed by atoms with Crippen LogP contribution in [0.15, 0.2) is 24.3 Å². The fourth-order valence-electron chi connectivity index (χ4n) is 2.28. The molecule has 0 radical (unpaired) electrons. The SMILES string of the molecule is Cc1cc(CC(C)NC(=O)Nc2ccc(C(N)=O)cc2C)n[nH]1. The maximum atomic E-state index is 12.0. The highest BCUT2D eigenvalue weighted by Crippen LogP contribution is 2.16. The van der Waals surface area contributed by atoms with Crippen LogP contribution in [0.2, 0.25) is 0 Å². The second-order valence-corrected chi connectivity index (χ2v) is 5.64. The molecule has 1 unspecified atom stereocenters. The zero-order valence-electron chi connectivity index (χ0n) is 13.4. The summed E-state index contributed by atoms with van der Waals surface area (Å²) in [4.78, 5) is 23.2. The average Bonchev–Trinajstić information content (AvgIpc) is 2.85. The molecule has 122 valence electrons. The monoisotopic (exact) mass is 315 g/mol. The highest BCUT2D eigenvalue weighted by Gasteiger charge is 2.11. The number of hydrogen-bond acceptors (Lipinski definition) is 3. The summed E-state index contributed by atoms with van der Waals surface area (Å²) in [6.07, 6.45) is 0.636. The molecular weight excluding hydrogens is 294 g/mol. The van der Waals surface area contributed by atoms with Crippen molar-refractivity contribution in [2.45, 2.75) is 33.2 Å². The quantitative estimate of drug-likeness (QED) is 0.675. The first-order valence-electron chi connectivity index (χ1n) is 7.34. The lowest BCUT2D eigenvalue weighted by molar-refractivity contribution is 0.1000. The number of nitrogens with one attached hydrogen (secondary N) is 3. The fourth-order valence-corrected chi connectivity index (χ4v) is 2.28. The number of anilines is 1. The summed E-state index contributed by atoms with van der Waals surface area (Å²) < 4.78 is 0. The molecule has 0 fully saturated rings. The Labute approximate surface area is 134 Å². The van der Waals surface area contributed by atoms with Crippen LogP contribution in [0.5, 0.6) is 0 Å². The number of amides is 3. The topological polar surface area (TPSA) is 113 Å². The third kappa shape index (κ3) is 4.57. The van der Waals surface area contributed by atoms with Crippen molar-refractivity contribution in [2.24, 2.45) is 5.73 Å². The standard InChI is InChI=1S/C16H21N5O2/c1-9-6-12(15(17)22)4-5-14(9)19-16(23)18-10(2)7-13-8-11(3)20-21-13/h4-6,8,10H,7H2,1-3H3,(H2,17,22)(H,20,21)(H2,18,19,23). The van der Waals surface area contributed by atoms with Crippen molar-refractivity contribution >= 4 is 17.6 Å². The lowest BCUT2D eigenvalue weighted by Crippen LogP contribution is -2.37. The summed E-state index contributed by atoms with van der Waals surface area (Å²) in [5.74, 6) is -0.494. The van der Waals surface area contributed by atoms with Gasteiger partial charge in [0.1, 0.15) is 0 Å². The smallest absolute Gasteiger partial charge is 0.319 e. The van der Waals surface area contributed by atoms with Gasteiger partial charge in [0.2, 0.25) is 5.91 Å². The summed E-state index contributed by atoms with van der Waals surface area (Å²) in [5, 5.41) is 12.6. The van der Waals surface area contributed by atoms with Crippen molar-refractivity contribution in [1.82, 2.24) is 15.5 Å². The number of nitrogens with two attached hydrogens (primary N) is 1. The Morgan fingerprint density at radius 1 is 1.30 bits per heavy atom. The maximum Gasteiger partial charge on any atom is 0.319 e. The lowest BCUT2D eigenvalue weighted by Gasteiger charge is -2.15. The van der Waals surface area contributed by atoms with Crippen LogP contribution in [-0.2, 0) is 6.42 Å². The molecule has 3 amide bonds. The Balaban J connectivity index is 1.92. The molecule has 7 nitrogen and oxygen atoms in total. The van der Waals surface area contributed by atoms with E-state index < -0.39 is 5.91 Å². The first-order valence-corrected chi connectivity index (χ1v) is 7.34. The maximum absolute atomic E-state index is 12.0. The lowest BCUT2D eigenvalue weighted by atomic mass is 10.1. The number of urea groups is 1. The number of aromatic amines is 1. The van der Waals surface area contributed by atoms with Gasteiger partial charge in [-0.1, -0.05) is 0 Å². The molecule has 2 rings (SSSR count). The first-order chi connectivity index (χ1) is 10.8. The van der Waals surface area contributed by atoms with E-state index >= 15 is 0 Å². The summed E-state index contributed by atoms with van der Waals surface area (Å²) in [5.41, 5.74) is 8.93. The van der Waals surface area contributed by atoms with Gasteiger partial charge in [-0.25, -0.2) is 4.79 Å². The molecule has 23 heavy (non-hydrogen) atoms. The third-order valence-electron chi connectivity index (χ3n) is 3.41. The molecule has 5 N–H and O–H groups in total.